The van der Waals surface area contributed by atoms with E-state index >= 15 is 0 Å². The van der Waals surface area contributed by atoms with Crippen LogP contribution in [0.25, 0.3) is 0 Å². The zero-order chi connectivity index (χ0) is 28.4. The van der Waals surface area contributed by atoms with Crippen molar-refractivity contribution in [2.75, 3.05) is 41.4 Å². The number of unbranched alkanes of at least 4 members (excludes halogenated alkanes) is 18. The summed E-state index contributed by atoms with van der Waals surface area (Å²) in [6.45, 7) is 5.45. The quantitative estimate of drug-likeness (QED) is 0.0998. The summed E-state index contributed by atoms with van der Waals surface area (Å²) in [5.41, 5.74) is 0. The highest BCUT2D eigenvalue weighted by Gasteiger charge is 2.37. The van der Waals surface area contributed by atoms with Crippen molar-refractivity contribution in [2.45, 2.75) is 154 Å². The van der Waals surface area contributed by atoms with Crippen LogP contribution in [0.5, 0.6) is 0 Å². The van der Waals surface area contributed by atoms with E-state index in [0.29, 0.717) is 13.2 Å². The third kappa shape index (κ3) is 19.9. The lowest BCUT2D eigenvalue weighted by Crippen LogP contribution is -2.51. The second-order valence-corrected chi connectivity index (χ2v) is 11.4. The Morgan fingerprint density at radius 2 is 0.684 bits per heavy atom. The Hall–Kier alpha value is -1.14. The van der Waals surface area contributed by atoms with E-state index in [1.54, 1.807) is 28.2 Å². The molecule has 0 bridgehead atoms. The molecule has 0 aliphatic rings. The van der Waals surface area contributed by atoms with Crippen LogP contribution in [0, 0.1) is 0 Å². The van der Waals surface area contributed by atoms with E-state index < -0.39 is 12.2 Å². The average molecular weight is 541 g/mol. The summed E-state index contributed by atoms with van der Waals surface area (Å²) < 4.78 is 12.1. The monoisotopic (exact) mass is 540 g/mol. The molecule has 0 heterocycles. The van der Waals surface area contributed by atoms with Crippen molar-refractivity contribution in [3.63, 3.8) is 0 Å². The number of likely N-dealkylation sites (N-methyl/N-ethyl adjacent to an activating group) is 2. The second kappa shape index (κ2) is 26.1. The van der Waals surface area contributed by atoms with Crippen LogP contribution in [-0.4, -0.2) is 75.2 Å². The maximum Gasteiger partial charge on any atom is 0.254 e. The van der Waals surface area contributed by atoms with Gasteiger partial charge in [-0.15, -0.1) is 0 Å². The van der Waals surface area contributed by atoms with Crippen molar-refractivity contribution in [3.8, 4) is 0 Å². The molecule has 0 aliphatic carbocycles. The summed E-state index contributed by atoms with van der Waals surface area (Å²) in [7, 11) is 6.83. The van der Waals surface area contributed by atoms with Crippen LogP contribution in [0.2, 0.25) is 0 Å². The zero-order valence-electron chi connectivity index (χ0n) is 26.2. The number of nitrogens with zero attached hydrogens (tertiary/aromatic N) is 2. The lowest BCUT2D eigenvalue weighted by molar-refractivity contribution is -0.166. The highest BCUT2D eigenvalue weighted by molar-refractivity contribution is 5.90. The number of rotatable bonds is 27. The highest BCUT2D eigenvalue weighted by atomic mass is 16.5. The predicted molar refractivity (Wildman–Crippen MR) is 161 cm³/mol. The molecule has 2 amide bonds. The molecule has 38 heavy (non-hydrogen) atoms. The van der Waals surface area contributed by atoms with Crippen LogP contribution >= 0.6 is 0 Å². The van der Waals surface area contributed by atoms with Crippen LogP contribution in [0.15, 0.2) is 0 Å². The molecule has 0 N–H and O–H groups in total. The van der Waals surface area contributed by atoms with E-state index in [4.69, 9.17) is 9.47 Å². The van der Waals surface area contributed by atoms with Crippen molar-refractivity contribution in [2.24, 2.45) is 0 Å². The minimum absolute atomic E-state index is 0.208. The van der Waals surface area contributed by atoms with Crippen LogP contribution in [0.1, 0.15) is 142 Å². The topological polar surface area (TPSA) is 59.1 Å². The van der Waals surface area contributed by atoms with Gasteiger partial charge < -0.3 is 19.3 Å². The van der Waals surface area contributed by atoms with E-state index in [0.717, 1.165) is 25.7 Å². The van der Waals surface area contributed by atoms with Crippen LogP contribution in [-0.2, 0) is 19.1 Å². The Balaban J connectivity index is 4.48. The molecule has 0 spiro atoms. The number of ether oxygens (including phenoxy) is 2. The highest BCUT2D eigenvalue weighted by Crippen LogP contribution is 2.15. The van der Waals surface area contributed by atoms with Crippen molar-refractivity contribution >= 4 is 11.8 Å². The smallest absolute Gasteiger partial charge is 0.254 e. The first-order chi connectivity index (χ1) is 18.4. The number of carbonyl (C=O) groups is 2. The fraction of sp³-hybridized carbons (Fsp3) is 0.938. The largest absolute Gasteiger partial charge is 0.365 e. The molecule has 0 aromatic carbocycles. The molecular formula is C32H64N2O4. The summed E-state index contributed by atoms with van der Waals surface area (Å²) in [4.78, 5) is 29.0. The van der Waals surface area contributed by atoms with Gasteiger partial charge in [0, 0.05) is 41.4 Å². The van der Waals surface area contributed by atoms with Gasteiger partial charge in [-0.05, 0) is 12.8 Å². The zero-order valence-corrected chi connectivity index (χ0v) is 26.2. The second-order valence-electron chi connectivity index (χ2n) is 11.4. The van der Waals surface area contributed by atoms with E-state index in [9.17, 15) is 9.59 Å². The van der Waals surface area contributed by atoms with Crippen LogP contribution in [0.4, 0.5) is 0 Å². The molecule has 0 radical (unpaired) electrons. The van der Waals surface area contributed by atoms with E-state index in [-0.39, 0.29) is 11.8 Å². The molecule has 0 aromatic heterocycles. The molecule has 0 saturated carbocycles. The molecule has 6 heteroatoms. The van der Waals surface area contributed by atoms with Gasteiger partial charge in [0.15, 0.2) is 12.2 Å². The molecule has 0 rings (SSSR count). The van der Waals surface area contributed by atoms with E-state index in [2.05, 4.69) is 13.8 Å². The molecule has 226 valence electrons. The first kappa shape index (κ1) is 36.9. The fourth-order valence-electron chi connectivity index (χ4n) is 4.68. The third-order valence-electron chi connectivity index (χ3n) is 7.23. The van der Waals surface area contributed by atoms with Gasteiger partial charge in [-0.1, -0.05) is 129 Å². The van der Waals surface area contributed by atoms with Crippen molar-refractivity contribution in [1.82, 2.24) is 9.80 Å². The fourth-order valence-corrected chi connectivity index (χ4v) is 4.68. The number of hydrogen-bond acceptors (Lipinski definition) is 4. The Morgan fingerprint density at radius 3 is 0.921 bits per heavy atom. The van der Waals surface area contributed by atoms with Gasteiger partial charge in [0.05, 0.1) is 0 Å². The predicted octanol–water partition coefficient (Wildman–Crippen LogP) is 7.78. The normalized spacial score (nSPS) is 12.9. The first-order valence-corrected chi connectivity index (χ1v) is 16.0. The van der Waals surface area contributed by atoms with Gasteiger partial charge >= 0.3 is 0 Å². The standard InChI is InChI=1S/C32H64N2O4/c1-7-9-11-13-15-17-19-21-23-25-27-37-29(31(35)33(3)4)30(32(36)34(5)6)38-28-26-24-22-20-18-16-14-12-10-8-2/h29-30H,7-28H2,1-6H3/t29-,30-/m1/s1. The van der Waals surface area contributed by atoms with E-state index in [1.807, 2.05) is 0 Å². The summed E-state index contributed by atoms with van der Waals surface area (Å²) >= 11 is 0. The van der Waals surface area contributed by atoms with Gasteiger partial charge in [0.25, 0.3) is 11.8 Å². The van der Waals surface area contributed by atoms with Gasteiger partial charge in [0.2, 0.25) is 0 Å². The maximum atomic E-state index is 13.0. The summed E-state index contributed by atoms with van der Waals surface area (Å²) in [6, 6.07) is 0. The molecule has 0 fully saturated rings. The van der Waals surface area contributed by atoms with Crippen molar-refractivity contribution in [3.05, 3.63) is 0 Å². The van der Waals surface area contributed by atoms with Gasteiger partial charge in [-0.2, -0.15) is 0 Å². The first-order valence-electron chi connectivity index (χ1n) is 16.0. The molecule has 2 atom stereocenters. The van der Waals surface area contributed by atoms with Crippen LogP contribution < -0.4 is 0 Å². The van der Waals surface area contributed by atoms with E-state index in [1.165, 1.54) is 113 Å². The number of carbonyl (C=O) groups excluding carboxylic acids is 2. The Labute approximate surface area is 236 Å². The summed E-state index contributed by atoms with van der Waals surface area (Å²) in [5.74, 6) is -0.416. The lowest BCUT2D eigenvalue weighted by atomic mass is 10.1. The van der Waals surface area contributed by atoms with Gasteiger partial charge in [0.1, 0.15) is 0 Å². The van der Waals surface area contributed by atoms with Crippen molar-refractivity contribution < 1.29 is 19.1 Å². The minimum Gasteiger partial charge on any atom is -0.365 e. The lowest BCUT2D eigenvalue weighted by Gasteiger charge is -2.29. The van der Waals surface area contributed by atoms with Crippen LogP contribution in [0.3, 0.4) is 0 Å². The van der Waals surface area contributed by atoms with Crippen molar-refractivity contribution in [1.29, 1.82) is 0 Å². The number of hydrogen-bond donors (Lipinski definition) is 0. The Kier molecular flexibility index (Phi) is 25.3. The molecule has 0 aliphatic heterocycles. The summed E-state index contributed by atoms with van der Waals surface area (Å²) in [5, 5.41) is 0. The average Bonchev–Trinajstić information content (AvgIpc) is 2.90. The third-order valence-corrected chi connectivity index (χ3v) is 7.23. The molecule has 6 nitrogen and oxygen atoms in total. The van der Waals surface area contributed by atoms with Gasteiger partial charge in [-0.25, -0.2) is 0 Å². The SMILES string of the molecule is CCCCCCCCCCCCO[C@@H](C(=O)N(C)C)[C@@H](OCCCCCCCCCCCC)C(=O)N(C)C. The molecule has 0 unspecified atom stereocenters. The maximum absolute atomic E-state index is 13.0. The molecular weight excluding hydrogens is 476 g/mol. The number of amides is 2. The minimum atomic E-state index is -0.901. The van der Waals surface area contributed by atoms with Gasteiger partial charge in [-0.3, -0.25) is 9.59 Å². The molecule has 0 aromatic rings. The Bertz CT molecular complexity index is 506. The summed E-state index contributed by atoms with van der Waals surface area (Å²) in [6.07, 6.45) is 23.1. The molecule has 0 saturated heterocycles. The Morgan fingerprint density at radius 1 is 0.447 bits per heavy atom.